The number of carboxylic acids is 1. The summed E-state index contributed by atoms with van der Waals surface area (Å²) >= 11 is 0. The van der Waals surface area contributed by atoms with Crippen LogP contribution in [0, 0.1) is 5.92 Å². The van der Waals surface area contributed by atoms with Crippen molar-refractivity contribution < 1.29 is 14.7 Å². The summed E-state index contributed by atoms with van der Waals surface area (Å²) in [7, 11) is 0. The summed E-state index contributed by atoms with van der Waals surface area (Å²) in [4.78, 5) is 27.9. The Hall–Kier alpha value is -1.92. The van der Waals surface area contributed by atoms with Gasteiger partial charge in [0, 0.05) is 32.2 Å². The fourth-order valence-corrected chi connectivity index (χ4v) is 4.12. The minimum absolute atomic E-state index is 0.0597. The second-order valence-corrected chi connectivity index (χ2v) is 7.44. The lowest BCUT2D eigenvalue weighted by Crippen LogP contribution is -2.51. The lowest BCUT2D eigenvalue weighted by molar-refractivity contribution is -0.139. The van der Waals surface area contributed by atoms with Gasteiger partial charge in [-0.15, -0.1) is 0 Å². The molecule has 0 unspecified atom stereocenters. The maximum atomic E-state index is 12.6. The lowest BCUT2D eigenvalue weighted by atomic mass is 9.93. The predicted molar refractivity (Wildman–Crippen MR) is 99.7 cm³/mol. The van der Waals surface area contributed by atoms with E-state index in [4.69, 9.17) is 5.11 Å². The van der Waals surface area contributed by atoms with Crippen LogP contribution in [-0.2, 0) is 16.1 Å². The van der Waals surface area contributed by atoms with Crippen molar-refractivity contribution in [3.05, 3.63) is 35.9 Å². The summed E-state index contributed by atoms with van der Waals surface area (Å²) in [5, 5.41) is 12.0. The normalized spacial score (nSPS) is 22.8. The van der Waals surface area contributed by atoms with Gasteiger partial charge in [-0.2, -0.15) is 0 Å². The number of hydrogen-bond acceptors (Lipinski definition) is 4. The van der Waals surface area contributed by atoms with Gasteiger partial charge >= 0.3 is 5.97 Å². The van der Waals surface area contributed by atoms with E-state index in [9.17, 15) is 9.59 Å². The van der Waals surface area contributed by atoms with Crippen molar-refractivity contribution >= 4 is 11.9 Å². The zero-order valence-corrected chi connectivity index (χ0v) is 15.3. The zero-order valence-electron chi connectivity index (χ0n) is 15.3. The van der Waals surface area contributed by atoms with Gasteiger partial charge in [-0.25, -0.2) is 0 Å². The summed E-state index contributed by atoms with van der Waals surface area (Å²) in [5.41, 5.74) is 1.12. The molecule has 2 aliphatic rings. The van der Waals surface area contributed by atoms with E-state index in [-0.39, 0.29) is 18.4 Å². The van der Waals surface area contributed by atoms with E-state index in [1.165, 1.54) is 0 Å². The van der Waals surface area contributed by atoms with Gasteiger partial charge in [-0.1, -0.05) is 30.3 Å². The average Bonchev–Trinajstić information content (AvgIpc) is 2.67. The van der Waals surface area contributed by atoms with Crippen molar-refractivity contribution in [2.75, 3.05) is 32.7 Å². The summed E-state index contributed by atoms with van der Waals surface area (Å²) < 4.78 is 0. The summed E-state index contributed by atoms with van der Waals surface area (Å²) in [6.07, 6.45) is 3.99. The number of likely N-dealkylation sites (tertiary alicyclic amines) is 2. The van der Waals surface area contributed by atoms with Crippen LogP contribution in [0.4, 0.5) is 0 Å². The van der Waals surface area contributed by atoms with Crippen molar-refractivity contribution in [2.24, 2.45) is 5.92 Å². The smallest absolute Gasteiger partial charge is 0.317 e. The fourth-order valence-electron chi connectivity index (χ4n) is 4.12. The number of piperidine rings is 2. The fraction of sp³-hybridized carbons (Fsp3) is 0.600. The van der Waals surface area contributed by atoms with Gasteiger partial charge in [0.25, 0.3) is 0 Å². The number of carbonyl (C=O) groups is 2. The average molecular weight is 359 g/mol. The molecule has 2 fully saturated rings. The summed E-state index contributed by atoms with van der Waals surface area (Å²) in [6.45, 7) is 4.26. The Morgan fingerprint density at radius 3 is 2.50 bits per heavy atom. The zero-order chi connectivity index (χ0) is 18.4. The molecule has 2 saturated heterocycles. The van der Waals surface area contributed by atoms with Crippen LogP contribution in [0.15, 0.2) is 30.3 Å². The molecule has 1 aromatic carbocycles. The third-order valence-corrected chi connectivity index (χ3v) is 5.57. The number of carboxylic acid groups (broad SMARTS) is 1. The number of nitrogens with one attached hydrogen (secondary N) is 1. The molecular formula is C20H29N3O3. The third-order valence-electron chi connectivity index (χ3n) is 5.57. The molecule has 0 radical (unpaired) electrons. The van der Waals surface area contributed by atoms with Gasteiger partial charge in [0.05, 0.1) is 12.5 Å². The number of rotatable bonds is 6. The Morgan fingerprint density at radius 1 is 1.08 bits per heavy atom. The molecule has 0 aromatic heterocycles. The SMILES string of the molecule is O=C(O)CN1CCC(N2CCC[C@@H](C(=O)NCc3ccccc3)C2)CC1. The second-order valence-electron chi connectivity index (χ2n) is 7.44. The Bertz CT molecular complexity index is 600. The molecule has 26 heavy (non-hydrogen) atoms. The number of aliphatic carboxylic acids is 1. The van der Waals surface area contributed by atoms with E-state index in [0.29, 0.717) is 12.6 Å². The van der Waals surface area contributed by atoms with Gasteiger partial charge in [0.1, 0.15) is 0 Å². The Balaban J connectivity index is 1.45. The van der Waals surface area contributed by atoms with Crippen molar-refractivity contribution in [1.82, 2.24) is 15.1 Å². The molecule has 1 amide bonds. The number of benzene rings is 1. The largest absolute Gasteiger partial charge is 0.480 e. The minimum Gasteiger partial charge on any atom is -0.480 e. The van der Waals surface area contributed by atoms with Crippen LogP contribution >= 0.6 is 0 Å². The van der Waals surface area contributed by atoms with Crippen molar-refractivity contribution in [3.63, 3.8) is 0 Å². The van der Waals surface area contributed by atoms with E-state index in [1.54, 1.807) is 0 Å². The molecule has 0 aliphatic carbocycles. The standard InChI is InChI=1S/C20H29N3O3/c24-19(25)15-22-11-8-18(9-12-22)23-10-4-7-17(14-23)20(26)21-13-16-5-2-1-3-6-16/h1-3,5-6,17-18H,4,7-15H2,(H,21,26)(H,24,25)/t17-/m1/s1. The van der Waals surface area contributed by atoms with E-state index in [2.05, 4.69) is 10.2 Å². The van der Waals surface area contributed by atoms with Crippen LogP contribution < -0.4 is 5.32 Å². The molecule has 1 atom stereocenters. The van der Waals surface area contributed by atoms with E-state index >= 15 is 0 Å². The van der Waals surface area contributed by atoms with Gasteiger partial charge in [0.2, 0.25) is 5.91 Å². The highest BCUT2D eigenvalue weighted by molar-refractivity contribution is 5.79. The van der Waals surface area contributed by atoms with Gasteiger partial charge in [-0.05, 0) is 37.8 Å². The first-order valence-corrected chi connectivity index (χ1v) is 9.61. The second kappa shape index (κ2) is 9.14. The van der Waals surface area contributed by atoms with E-state index in [1.807, 2.05) is 35.2 Å². The first kappa shape index (κ1) is 18.9. The molecule has 2 N–H and O–H groups in total. The monoisotopic (exact) mass is 359 g/mol. The molecule has 0 saturated carbocycles. The van der Waals surface area contributed by atoms with Gasteiger partial charge in [-0.3, -0.25) is 19.4 Å². The third kappa shape index (κ3) is 5.29. The molecule has 0 spiro atoms. The lowest BCUT2D eigenvalue weighted by Gasteiger charge is -2.41. The topological polar surface area (TPSA) is 72.9 Å². The highest BCUT2D eigenvalue weighted by Gasteiger charge is 2.31. The number of hydrogen-bond donors (Lipinski definition) is 2. The maximum absolute atomic E-state index is 12.6. The highest BCUT2D eigenvalue weighted by Crippen LogP contribution is 2.24. The maximum Gasteiger partial charge on any atom is 0.317 e. The van der Waals surface area contributed by atoms with Crippen molar-refractivity contribution in [2.45, 2.75) is 38.3 Å². The Labute approximate surface area is 155 Å². The van der Waals surface area contributed by atoms with Crippen molar-refractivity contribution in [3.8, 4) is 0 Å². The van der Waals surface area contributed by atoms with E-state index in [0.717, 1.165) is 57.4 Å². The van der Waals surface area contributed by atoms with Crippen LogP contribution in [0.25, 0.3) is 0 Å². The number of nitrogens with zero attached hydrogens (tertiary/aromatic N) is 2. The van der Waals surface area contributed by atoms with Crippen LogP contribution in [0.3, 0.4) is 0 Å². The predicted octanol–water partition coefficient (Wildman–Crippen LogP) is 1.56. The van der Waals surface area contributed by atoms with Crippen molar-refractivity contribution in [1.29, 1.82) is 0 Å². The molecule has 6 heteroatoms. The van der Waals surface area contributed by atoms with Crippen LogP contribution in [-0.4, -0.2) is 65.5 Å². The first-order chi connectivity index (χ1) is 12.6. The number of carbonyl (C=O) groups excluding carboxylic acids is 1. The summed E-state index contributed by atoms with van der Waals surface area (Å²) in [6, 6.07) is 10.5. The van der Waals surface area contributed by atoms with Gasteiger partial charge in [0.15, 0.2) is 0 Å². The Kier molecular flexibility index (Phi) is 6.63. The van der Waals surface area contributed by atoms with Gasteiger partial charge < -0.3 is 10.4 Å². The number of amides is 1. The molecule has 142 valence electrons. The molecule has 2 heterocycles. The molecule has 6 nitrogen and oxygen atoms in total. The van der Waals surface area contributed by atoms with Crippen LogP contribution in [0.1, 0.15) is 31.2 Å². The molecular weight excluding hydrogens is 330 g/mol. The molecule has 3 rings (SSSR count). The minimum atomic E-state index is -0.753. The van der Waals surface area contributed by atoms with E-state index < -0.39 is 5.97 Å². The molecule has 1 aromatic rings. The van der Waals surface area contributed by atoms with Crippen LogP contribution in [0.5, 0.6) is 0 Å². The first-order valence-electron chi connectivity index (χ1n) is 9.61. The highest BCUT2D eigenvalue weighted by atomic mass is 16.4. The Morgan fingerprint density at radius 2 is 1.81 bits per heavy atom. The summed E-state index contributed by atoms with van der Waals surface area (Å²) in [5.74, 6) is -0.539. The van der Waals surface area contributed by atoms with Crippen LogP contribution in [0.2, 0.25) is 0 Å². The molecule has 2 aliphatic heterocycles. The molecule has 0 bridgehead atoms. The quantitative estimate of drug-likeness (QED) is 0.807.